The van der Waals surface area contributed by atoms with Crippen LogP contribution in [0.5, 0.6) is 5.75 Å². The first-order chi connectivity index (χ1) is 13.8. The molecule has 0 amide bonds. The van der Waals surface area contributed by atoms with Gasteiger partial charge in [-0.1, -0.05) is 25.3 Å². The summed E-state index contributed by atoms with van der Waals surface area (Å²) in [6, 6.07) is 11.2. The van der Waals surface area contributed by atoms with Crippen molar-refractivity contribution >= 4 is 22.9 Å². The number of benzene rings is 2. The number of ether oxygens (including phenoxy) is 1. The van der Waals surface area contributed by atoms with Crippen LogP contribution in [0.2, 0.25) is 0 Å². The summed E-state index contributed by atoms with van der Waals surface area (Å²) in [5.74, 6) is 0.606. The van der Waals surface area contributed by atoms with E-state index in [1.165, 1.54) is 37.6 Å². The monoisotopic (exact) mass is 370 g/mol. The predicted molar refractivity (Wildman–Crippen MR) is 110 cm³/mol. The lowest BCUT2D eigenvalue weighted by Crippen LogP contribution is -2.11. The van der Waals surface area contributed by atoms with Crippen molar-refractivity contribution in [2.45, 2.75) is 44.6 Å². The third-order valence-electron chi connectivity index (χ3n) is 6.07. The van der Waals surface area contributed by atoms with Crippen LogP contribution in [0.3, 0.4) is 0 Å². The summed E-state index contributed by atoms with van der Waals surface area (Å²) in [6.45, 7) is 0. The van der Waals surface area contributed by atoms with Crippen molar-refractivity contribution in [1.82, 2.24) is 9.55 Å². The Hall–Kier alpha value is -3.13. The molecule has 1 aliphatic heterocycles. The van der Waals surface area contributed by atoms with Crippen LogP contribution >= 0.6 is 0 Å². The molecule has 0 atom stereocenters. The number of aliphatic imine (C=N–C) groups is 1. The zero-order chi connectivity index (χ0) is 19.1. The van der Waals surface area contributed by atoms with Crippen molar-refractivity contribution in [2.24, 2.45) is 4.99 Å². The number of hydrogen-bond donors (Lipinski definition) is 0. The van der Waals surface area contributed by atoms with Crippen LogP contribution in [-0.4, -0.2) is 22.9 Å². The zero-order valence-corrected chi connectivity index (χ0v) is 16.0. The van der Waals surface area contributed by atoms with E-state index in [0.29, 0.717) is 23.8 Å². The Labute approximate surface area is 164 Å². The van der Waals surface area contributed by atoms with Crippen LogP contribution in [0.4, 0.5) is 5.69 Å². The minimum atomic E-state index is 0.563. The second-order valence-electron chi connectivity index (χ2n) is 7.60. The number of imidazole rings is 1. The fourth-order valence-electron chi connectivity index (χ4n) is 4.63. The summed E-state index contributed by atoms with van der Waals surface area (Å²) < 4.78 is 7.84. The molecule has 28 heavy (non-hydrogen) atoms. The SMILES string of the molecule is COc1cc(-c2ccc3c(c2)ncn3C2CCCCC2)c2c(c1C#N)CC=N2. The van der Waals surface area contributed by atoms with Crippen molar-refractivity contribution in [3.05, 3.63) is 41.7 Å². The predicted octanol–water partition coefficient (Wildman–Crippen LogP) is 5.35. The molecule has 140 valence electrons. The van der Waals surface area contributed by atoms with Gasteiger partial charge < -0.3 is 9.30 Å². The van der Waals surface area contributed by atoms with Gasteiger partial charge in [-0.05, 0) is 36.6 Å². The highest BCUT2D eigenvalue weighted by Gasteiger charge is 2.22. The Morgan fingerprint density at radius 3 is 2.82 bits per heavy atom. The van der Waals surface area contributed by atoms with Gasteiger partial charge in [0.2, 0.25) is 0 Å². The maximum Gasteiger partial charge on any atom is 0.137 e. The smallest absolute Gasteiger partial charge is 0.137 e. The van der Waals surface area contributed by atoms with E-state index in [-0.39, 0.29) is 0 Å². The molecule has 2 aliphatic rings. The third-order valence-corrected chi connectivity index (χ3v) is 6.07. The first kappa shape index (κ1) is 17.0. The van der Waals surface area contributed by atoms with Gasteiger partial charge in [-0.25, -0.2) is 4.98 Å². The Kier molecular flexibility index (Phi) is 4.12. The molecule has 5 rings (SSSR count). The highest BCUT2D eigenvalue weighted by molar-refractivity contribution is 5.92. The Morgan fingerprint density at radius 1 is 1.18 bits per heavy atom. The van der Waals surface area contributed by atoms with Gasteiger partial charge in [0.05, 0.1) is 35.7 Å². The Morgan fingerprint density at radius 2 is 2.04 bits per heavy atom. The topological polar surface area (TPSA) is 63.2 Å². The summed E-state index contributed by atoms with van der Waals surface area (Å²) in [6.07, 6.45) is 11.0. The van der Waals surface area contributed by atoms with E-state index in [0.717, 1.165) is 27.9 Å². The molecule has 0 radical (unpaired) electrons. The van der Waals surface area contributed by atoms with E-state index < -0.39 is 0 Å². The third kappa shape index (κ3) is 2.60. The number of hydrogen-bond acceptors (Lipinski definition) is 4. The number of rotatable bonds is 3. The molecule has 5 nitrogen and oxygen atoms in total. The molecule has 0 unspecified atom stereocenters. The zero-order valence-electron chi connectivity index (χ0n) is 16.0. The number of nitriles is 1. The van der Waals surface area contributed by atoms with Crippen LogP contribution in [0.25, 0.3) is 22.2 Å². The van der Waals surface area contributed by atoms with Crippen molar-refractivity contribution in [2.75, 3.05) is 7.11 Å². The summed E-state index contributed by atoms with van der Waals surface area (Å²) in [7, 11) is 1.61. The second-order valence-corrected chi connectivity index (χ2v) is 7.60. The quantitative estimate of drug-likeness (QED) is 0.624. The van der Waals surface area contributed by atoms with Gasteiger partial charge in [0.25, 0.3) is 0 Å². The normalized spacial score (nSPS) is 16.3. The molecule has 3 aromatic rings. The lowest BCUT2D eigenvalue weighted by atomic mass is 9.94. The Bertz CT molecular complexity index is 1130. The van der Waals surface area contributed by atoms with Gasteiger partial charge in [-0.3, -0.25) is 4.99 Å². The molecular formula is C23H22N4O. The van der Waals surface area contributed by atoms with E-state index in [1.54, 1.807) is 7.11 Å². The van der Waals surface area contributed by atoms with Gasteiger partial charge >= 0.3 is 0 Å². The highest BCUT2D eigenvalue weighted by atomic mass is 16.5. The molecular weight excluding hydrogens is 348 g/mol. The molecule has 1 aromatic heterocycles. The molecule has 5 heteroatoms. The van der Waals surface area contributed by atoms with Gasteiger partial charge in [0.1, 0.15) is 11.8 Å². The Balaban J connectivity index is 1.62. The number of methoxy groups -OCH3 is 1. The summed E-state index contributed by atoms with van der Waals surface area (Å²) in [4.78, 5) is 9.25. The van der Waals surface area contributed by atoms with Crippen LogP contribution in [0, 0.1) is 11.3 Å². The van der Waals surface area contributed by atoms with E-state index in [2.05, 4.69) is 33.8 Å². The van der Waals surface area contributed by atoms with Crippen LogP contribution in [-0.2, 0) is 6.42 Å². The summed E-state index contributed by atoms with van der Waals surface area (Å²) in [5, 5.41) is 9.54. The number of aromatic nitrogens is 2. The summed E-state index contributed by atoms with van der Waals surface area (Å²) >= 11 is 0. The van der Waals surface area contributed by atoms with E-state index in [9.17, 15) is 5.26 Å². The lowest BCUT2D eigenvalue weighted by molar-refractivity contribution is 0.359. The first-order valence-electron chi connectivity index (χ1n) is 9.93. The van der Waals surface area contributed by atoms with Crippen LogP contribution in [0.1, 0.15) is 49.3 Å². The minimum absolute atomic E-state index is 0.563. The highest BCUT2D eigenvalue weighted by Crippen LogP contribution is 2.43. The molecule has 1 fully saturated rings. The molecule has 2 aromatic carbocycles. The second kappa shape index (κ2) is 6.79. The number of nitrogens with zero attached hydrogens (tertiary/aromatic N) is 4. The minimum Gasteiger partial charge on any atom is -0.495 e. The first-order valence-corrected chi connectivity index (χ1v) is 9.93. The molecule has 0 saturated heterocycles. The fourth-order valence-corrected chi connectivity index (χ4v) is 4.63. The fraction of sp³-hybridized carbons (Fsp3) is 0.348. The number of fused-ring (bicyclic) bond motifs is 2. The van der Waals surface area contributed by atoms with Crippen molar-refractivity contribution in [1.29, 1.82) is 5.26 Å². The van der Waals surface area contributed by atoms with Crippen molar-refractivity contribution in [3.8, 4) is 22.9 Å². The maximum absolute atomic E-state index is 9.54. The average Bonchev–Trinajstić information content (AvgIpc) is 3.40. The summed E-state index contributed by atoms with van der Waals surface area (Å²) in [5.41, 5.74) is 6.65. The van der Waals surface area contributed by atoms with Gasteiger partial charge in [-0.15, -0.1) is 0 Å². The largest absolute Gasteiger partial charge is 0.495 e. The molecule has 0 bridgehead atoms. The molecule has 2 heterocycles. The van der Waals surface area contributed by atoms with Gasteiger partial charge in [0, 0.05) is 29.8 Å². The molecule has 0 N–H and O–H groups in total. The van der Waals surface area contributed by atoms with Crippen LogP contribution in [0.15, 0.2) is 35.6 Å². The molecule has 1 saturated carbocycles. The van der Waals surface area contributed by atoms with E-state index >= 15 is 0 Å². The van der Waals surface area contributed by atoms with Crippen molar-refractivity contribution in [3.63, 3.8) is 0 Å². The lowest BCUT2D eigenvalue weighted by Gasteiger charge is -2.23. The van der Waals surface area contributed by atoms with Crippen molar-refractivity contribution < 1.29 is 4.74 Å². The maximum atomic E-state index is 9.54. The molecule has 0 spiro atoms. The van der Waals surface area contributed by atoms with Crippen LogP contribution < -0.4 is 4.74 Å². The molecule has 1 aliphatic carbocycles. The standard InChI is InChI=1S/C23H22N4O/c1-28-22-12-18(23-17(9-10-25-23)19(22)13-24)15-7-8-21-20(11-15)26-14-27(21)16-5-3-2-4-6-16/h7-8,10-12,14,16H,2-6,9H2,1H3. The van der Waals surface area contributed by atoms with E-state index in [4.69, 9.17) is 9.72 Å². The average molecular weight is 370 g/mol. The van der Waals surface area contributed by atoms with E-state index in [1.807, 2.05) is 18.6 Å². The van der Waals surface area contributed by atoms with Gasteiger partial charge in [0.15, 0.2) is 0 Å². The van der Waals surface area contributed by atoms with Gasteiger partial charge in [-0.2, -0.15) is 5.26 Å².